The summed E-state index contributed by atoms with van der Waals surface area (Å²) >= 11 is 0. The van der Waals surface area contributed by atoms with E-state index in [0.717, 1.165) is 24.9 Å². The molecule has 2 atom stereocenters. The molecule has 0 bridgehead atoms. The van der Waals surface area contributed by atoms with Gasteiger partial charge in [0.1, 0.15) is 5.75 Å². The lowest BCUT2D eigenvalue weighted by Crippen LogP contribution is -2.22. The van der Waals surface area contributed by atoms with Crippen molar-refractivity contribution in [3.8, 4) is 5.75 Å². The molecule has 17 heavy (non-hydrogen) atoms. The fourth-order valence-electron chi connectivity index (χ4n) is 2.91. The second-order valence-corrected chi connectivity index (χ2v) is 5.01. The minimum atomic E-state index is 0.284. The molecule has 0 aliphatic heterocycles. The fourth-order valence-corrected chi connectivity index (χ4v) is 2.91. The molecule has 0 amide bonds. The number of hydrogen-bond donors (Lipinski definition) is 3. The van der Waals surface area contributed by atoms with Crippen LogP contribution < -0.4 is 11.1 Å². The van der Waals surface area contributed by atoms with Gasteiger partial charge in [0.25, 0.3) is 0 Å². The van der Waals surface area contributed by atoms with Crippen molar-refractivity contribution in [2.45, 2.75) is 38.6 Å². The number of rotatable bonds is 4. The van der Waals surface area contributed by atoms with Crippen LogP contribution in [0.1, 0.15) is 48.4 Å². The number of phenols is 1. The van der Waals surface area contributed by atoms with Crippen molar-refractivity contribution in [1.29, 1.82) is 0 Å². The number of benzene rings is 1. The fraction of sp³-hybridized carbons (Fsp3) is 0.571. The van der Waals surface area contributed by atoms with Gasteiger partial charge in [0.05, 0.1) is 0 Å². The maximum atomic E-state index is 10.0. The van der Waals surface area contributed by atoms with E-state index >= 15 is 0 Å². The molecule has 0 radical (unpaired) electrons. The number of nitrogens with one attached hydrogen (secondary N) is 1. The van der Waals surface area contributed by atoms with E-state index < -0.39 is 0 Å². The summed E-state index contributed by atoms with van der Waals surface area (Å²) in [5.41, 5.74) is 9.22. The summed E-state index contributed by atoms with van der Waals surface area (Å²) in [6.07, 6.45) is 2.05. The lowest BCUT2D eigenvalue weighted by atomic mass is 9.97. The summed E-state index contributed by atoms with van der Waals surface area (Å²) in [4.78, 5) is 0. The summed E-state index contributed by atoms with van der Waals surface area (Å²) in [5, 5.41) is 13.5. The molecule has 0 fully saturated rings. The van der Waals surface area contributed by atoms with Crippen LogP contribution in [0.25, 0.3) is 0 Å². The Labute approximate surface area is 103 Å². The van der Waals surface area contributed by atoms with Crippen LogP contribution in [0.3, 0.4) is 0 Å². The van der Waals surface area contributed by atoms with E-state index in [0.29, 0.717) is 18.2 Å². The second-order valence-electron chi connectivity index (χ2n) is 5.01. The lowest BCUT2D eigenvalue weighted by molar-refractivity contribution is 0.444. The molecule has 94 valence electrons. The highest BCUT2D eigenvalue weighted by Crippen LogP contribution is 2.45. The Hall–Kier alpha value is -1.06. The predicted octanol–water partition coefficient (Wildman–Crippen LogP) is 2.19. The average Bonchev–Trinajstić information content (AvgIpc) is 2.63. The van der Waals surface area contributed by atoms with Crippen LogP contribution >= 0.6 is 0 Å². The molecule has 2 rings (SSSR count). The maximum absolute atomic E-state index is 10.0. The number of phenolic OH excluding ortho intramolecular Hbond substituents is 1. The van der Waals surface area contributed by atoms with Crippen LogP contribution in [0.5, 0.6) is 5.75 Å². The predicted molar refractivity (Wildman–Crippen MR) is 70.3 cm³/mol. The molecule has 3 heteroatoms. The van der Waals surface area contributed by atoms with Crippen LogP contribution in [-0.4, -0.2) is 18.2 Å². The highest BCUT2D eigenvalue weighted by Gasteiger charge is 2.31. The third-order valence-electron chi connectivity index (χ3n) is 3.68. The van der Waals surface area contributed by atoms with Gasteiger partial charge in [0.15, 0.2) is 0 Å². The summed E-state index contributed by atoms with van der Waals surface area (Å²) in [7, 11) is 0. The average molecular weight is 234 g/mol. The SMILES string of the molecule is Cc1ccc(O)c2c1C(C)CC2NCCCN. The molecular weight excluding hydrogens is 212 g/mol. The summed E-state index contributed by atoms with van der Waals surface area (Å²) in [6, 6.07) is 4.10. The van der Waals surface area contributed by atoms with Crippen molar-refractivity contribution in [3.63, 3.8) is 0 Å². The highest BCUT2D eigenvalue weighted by atomic mass is 16.3. The molecule has 0 saturated heterocycles. The Balaban J connectivity index is 2.23. The van der Waals surface area contributed by atoms with E-state index in [9.17, 15) is 5.11 Å². The van der Waals surface area contributed by atoms with Crippen molar-refractivity contribution in [1.82, 2.24) is 5.32 Å². The molecule has 2 unspecified atom stereocenters. The molecule has 0 heterocycles. The Morgan fingerprint density at radius 3 is 2.88 bits per heavy atom. The first-order valence-corrected chi connectivity index (χ1v) is 6.41. The van der Waals surface area contributed by atoms with Crippen molar-refractivity contribution < 1.29 is 5.11 Å². The van der Waals surface area contributed by atoms with Gasteiger partial charge < -0.3 is 16.2 Å². The number of hydrogen-bond acceptors (Lipinski definition) is 3. The van der Waals surface area contributed by atoms with Gasteiger partial charge >= 0.3 is 0 Å². The molecule has 0 spiro atoms. The van der Waals surface area contributed by atoms with Gasteiger partial charge in [0, 0.05) is 11.6 Å². The molecule has 1 aliphatic rings. The summed E-state index contributed by atoms with van der Waals surface area (Å²) in [6.45, 7) is 5.98. The molecule has 0 aromatic heterocycles. The molecule has 0 saturated carbocycles. The number of fused-ring (bicyclic) bond motifs is 1. The van der Waals surface area contributed by atoms with Gasteiger partial charge in [-0.05, 0) is 56.0 Å². The van der Waals surface area contributed by atoms with E-state index in [4.69, 9.17) is 5.73 Å². The van der Waals surface area contributed by atoms with Crippen molar-refractivity contribution in [2.75, 3.05) is 13.1 Å². The van der Waals surface area contributed by atoms with Crippen molar-refractivity contribution >= 4 is 0 Å². The minimum Gasteiger partial charge on any atom is -0.508 e. The van der Waals surface area contributed by atoms with E-state index in [1.165, 1.54) is 11.1 Å². The van der Waals surface area contributed by atoms with Gasteiger partial charge in [-0.2, -0.15) is 0 Å². The zero-order valence-electron chi connectivity index (χ0n) is 10.7. The zero-order valence-corrected chi connectivity index (χ0v) is 10.7. The van der Waals surface area contributed by atoms with Crippen LogP contribution in [0.2, 0.25) is 0 Å². The first-order valence-electron chi connectivity index (χ1n) is 6.41. The largest absolute Gasteiger partial charge is 0.508 e. The van der Waals surface area contributed by atoms with Crippen LogP contribution in [0.15, 0.2) is 12.1 Å². The van der Waals surface area contributed by atoms with Gasteiger partial charge in [-0.15, -0.1) is 0 Å². The number of nitrogens with two attached hydrogens (primary N) is 1. The number of aromatic hydroxyl groups is 1. The first-order chi connectivity index (χ1) is 8.15. The van der Waals surface area contributed by atoms with E-state index in [2.05, 4.69) is 19.2 Å². The van der Waals surface area contributed by atoms with Crippen LogP contribution in [0.4, 0.5) is 0 Å². The van der Waals surface area contributed by atoms with Gasteiger partial charge in [-0.25, -0.2) is 0 Å². The van der Waals surface area contributed by atoms with E-state index in [1.54, 1.807) is 0 Å². The lowest BCUT2D eigenvalue weighted by Gasteiger charge is -2.15. The molecule has 3 nitrogen and oxygen atoms in total. The Bertz CT molecular complexity index is 403. The zero-order chi connectivity index (χ0) is 12.4. The smallest absolute Gasteiger partial charge is 0.120 e. The highest BCUT2D eigenvalue weighted by molar-refractivity contribution is 5.50. The van der Waals surface area contributed by atoms with Crippen LogP contribution in [-0.2, 0) is 0 Å². The minimum absolute atomic E-state index is 0.284. The Kier molecular flexibility index (Phi) is 3.69. The quantitative estimate of drug-likeness (QED) is 0.700. The monoisotopic (exact) mass is 234 g/mol. The first kappa shape index (κ1) is 12.4. The van der Waals surface area contributed by atoms with E-state index in [1.807, 2.05) is 12.1 Å². The molecule has 1 aromatic rings. The van der Waals surface area contributed by atoms with Crippen molar-refractivity contribution in [3.05, 3.63) is 28.8 Å². The van der Waals surface area contributed by atoms with Gasteiger partial charge in [-0.1, -0.05) is 13.0 Å². The topological polar surface area (TPSA) is 58.3 Å². The second kappa shape index (κ2) is 5.07. The van der Waals surface area contributed by atoms with Gasteiger partial charge in [0.2, 0.25) is 0 Å². The Morgan fingerprint density at radius 1 is 1.41 bits per heavy atom. The third kappa shape index (κ3) is 2.31. The molecular formula is C14H22N2O. The Morgan fingerprint density at radius 2 is 2.18 bits per heavy atom. The van der Waals surface area contributed by atoms with Crippen LogP contribution in [0, 0.1) is 6.92 Å². The number of aryl methyl sites for hydroxylation is 1. The van der Waals surface area contributed by atoms with Gasteiger partial charge in [-0.3, -0.25) is 0 Å². The van der Waals surface area contributed by atoms with Crippen molar-refractivity contribution in [2.24, 2.45) is 5.73 Å². The maximum Gasteiger partial charge on any atom is 0.120 e. The molecule has 4 N–H and O–H groups in total. The molecule has 1 aliphatic carbocycles. The molecule has 1 aromatic carbocycles. The summed E-state index contributed by atoms with van der Waals surface area (Å²) < 4.78 is 0. The normalized spacial score (nSPS) is 22.8. The summed E-state index contributed by atoms with van der Waals surface area (Å²) in [5.74, 6) is 0.952. The standard InChI is InChI=1S/C14H22N2O/c1-9-4-5-12(17)14-11(16-7-3-6-15)8-10(2)13(9)14/h4-5,10-11,16-17H,3,6-8,15H2,1-2H3. The third-order valence-corrected chi connectivity index (χ3v) is 3.68. The van der Waals surface area contributed by atoms with E-state index in [-0.39, 0.29) is 6.04 Å².